The Morgan fingerprint density at radius 1 is 1.31 bits per heavy atom. The summed E-state index contributed by atoms with van der Waals surface area (Å²) in [6, 6.07) is 8.09. The van der Waals surface area contributed by atoms with Crippen molar-refractivity contribution in [2.24, 2.45) is 5.92 Å². The van der Waals surface area contributed by atoms with Crippen LogP contribution in [0.1, 0.15) is 23.5 Å². The van der Waals surface area contributed by atoms with Gasteiger partial charge in [0, 0.05) is 35.8 Å². The molecule has 2 aromatic rings. The first-order valence-corrected chi connectivity index (χ1v) is 8.11. The van der Waals surface area contributed by atoms with E-state index in [0.29, 0.717) is 18.1 Å². The number of aliphatic carboxylic acids is 2. The number of nitriles is 1. The minimum atomic E-state index is -1.26. The van der Waals surface area contributed by atoms with Crippen LogP contribution in [0.4, 0.5) is 0 Å². The maximum Gasteiger partial charge on any atom is 0.328 e. The van der Waals surface area contributed by atoms with E-state index in [1.165, 1.54) is 17.4 Å². The topological polar surface area (TPSA) is 117 Å². The van der Waals surface area contributed by atoms with E-state index in [2.05, 4.69) is 36.2 Å². The Labute approximate surface area is 151 Å². The first kappa shape index (κ1) is 19.2. The normalized spacial score (nSPS) is 18.4. The number of rotatable bonds is 5. The van der Waals surface area contributed by atoms with E-state index in [0.717, 1.165) is 23.5 Å². The summed E-state index contributed by atoms with van der Waals surface area (Å²) >= 11 is 0. The third kappa shape index (κ3) is 5.19. The number of fused-ring (bicyclic) bond motifs is 1. The Hall–Kier alpha value is -3.11. The molecular weight excluding hydrogens is 334 g/mol. The Kier molecular flexibility index (Phi) is 6.15. The van der Waals surface area contributed by atoms with Crippen LogP contribution in [-0.4, -0.2) is 52.7 Å². The number of carboxylic acid groups (broad SMARTS) is 2. The van der Waals surface area contributed by atoms with Crippen molar-refractivity contribution < 1.29 is 19.8 Å². The molecule has 7 nitrogen and oxygen atoms in total. The number of H-pyrrole nitrogens is 1. The number of aromatic amines is 1. The van der Waals surface area contributed by atoms with Crippen LogP contribution >= 0.6 is 0 Å². The van der Waals surface area contributed by atoms with Gasteiger partial charge in [-0.05, 0) is 56.1 Å². The molecule has 0 saturated heterocycles. The average Bonchev–Trinajstić information content (AvgIpc) is 3.19. The van der Waals surface area contributed by atoms with E-state index < -0.39 is 11.9 Å². The van der Waals surface area contributed by atoms with Gasteiger partial charge in [-0.25, -0.2) is 9.59 Å². The predicted octanol–water partition coefficient (Wildman–Crippen LogP) is 2.42. The molecule has 7 heteroatoms. The van der Waals surface area contributed by atoms with Crippen LogP contribution in [-0.2, 0) is 9.59 Å². The SMILES string of the molecule is CN(C)C[C@H]1C[C@@H]1c1c[nH]c2ccc(C#N)cc12.O=C(O)C=CC(=O)O. The first-order valence-electron chi connectivity index (χ1n) is 8.11. The van der Waals surface area contributed by atoms with Crippen molar-refractivity contribution in [2.75, 3.05) is 20.6 Å². The van der Waals surface area contributed by atoms with Gasteiger partial charge in [-0.2, -0.15) is 5.26 Å². The van der Waals surface area contributed by atoms with E-state index in [1.807, 2.05) is 18.2 Å². The molecule has 1 saturated carbocycles. The van der Waals surface area contributed by atoms with Gasteiger partial charge in [0.25, 0.3) is 0 Å². The lowest BCUT2D eigenvalue weighted by molar-refractivity contribution is -0.134. The van der Waals surface area contributed by atoms with E-state index in [-0.39, 0.29) is 0 Å². The van der Waals surface area contributed by atoms with Gasteiger partial charge >= 0.3 is 11.9 Å². The highest BCUT2D eigenvalue weighted by molar-refractivity contribution is 5.89. The molecular formula is C19H21N3O4. The molecule has 0 aliphatic heterocycles. The van der Waals surface area contributed by atoms with E-state index >= 15 is 0 Å². The summed E-state index contributed by atoms with van der Waals surface area (Å²) < 4.78 is 0. The fraction of sp³-hybridized carbons (Fsp3) is 0.316. The number of nitrogens with zero attached hydrogens (tertiary/aromatic N) is 2. The number of hydrogen-bond acceptors (Lipinski definition) is 4. The van der Waals surface area contributed by atoms with Crippen LogP contribution in [0.25, 0.3) is 10.9 Å². The number of hydrogen-bond donors (Lipinski definition) is 3. The van der Waals surface area contributed by atoms with Gasteiger partial charge in [0.05, 0.1) is 11.6 Å². The highest BCUT2D eigenvalue weighted by Gasteiger charge is 2.39. The van der Waals surface area contributed by atoms with Gasteiger partial charge in [0.15, 0.2) is 0 Å². The molecule has 1 fully saturated rings. The monoisotopic (exact) mass is 355 g/mol. The van der Waals surface area contributed by atoms with E-state index in [4.69, 9.17) is 15.5 Å². The molecule has 1 aliphatic carbocycles. The predicted molar refractivity (Wildman–Crippen MR) is 96.8 cm³/mol. The summed E-state index contributed by atoms with van der Waals surface area (Å²) in [6.07, 6.45) is 4.50. The molecule has 1 aromatic heterocycles. The molecule has 1 heterocycles. The summed E-state index contributed by atoms with van der Waals surface area (Å²) in [5, 5.41) is 25.8. The molecule has 2 atom stereocenters. The summed E-state index contributed by atoms with van der Waals surface area (Å²) in [7, 11) is 4.25. The van der Waals surface area contributed by atoms with Crippen LogP contribution in [0, 0.1) is 17.2 Å². The Morgan fingerprint density at radius 2 is 1.96 bits per heavy atom. The molecule has 0 bridgehead atoms. The molecule has 0 radical (unpaired) electrons. The van der Waals surface area contributed by atoms with Gasteiger partial charge < -0.3 is 20.1 Å². The van der Waals surface area contributed by atoms with Crippen LogP contribution in [0.3, 0.4) is 0 Å². The molecule has 136 valence electrons. The minimum absolute atomic E-state index is 0.558. The zero-order chi connectivity index (χ0) is 19.3. The van der Waals surface area contributed by atoms with Crippen LogP contribution in [0.2, 0.25) is 0 Å². The number of carboxylic acids is 2. The lowest BCUT2D eigenvalue weighted by Gasteiger charge is -2.08. The average molecular weight is 355 g/mol. The van der Waals surface area contributed by atoms with Crippen LogP contribution in [0.15, 0.2) is 36.5 Å². The number of aromatic nitrogens is 1. The quantitative estimate of drug-likeness (QED) is 0.709. The van der Waals surface area contributed by atoms with E-state index in [9.17, 15) is 9.59 Å². The van der Waals surface area contributed by atoms with Crippen molar-refractivity contribution in [3.63, 3.8) is 0 Å². The number of benzene rings is 1. The van der Waals surface area contributed by atoms with Gasteiger partial charge in [-0.1, -0.05) is 0 Å². The fourth-order valence-corrected chi connectivity index (χ4v) is 2.96. The molecule has 26 heavy (non-hydrogen) atoms. The van der Waals surface area contributed by atoms with Crippen molar-refractivity contribution >= 4 is 22.8 Å². The molecule has 3 rings (SSSR count). The first-order chi connectivity index (χ1) is 12.3. The van der Waals surface area contributed by atoms with Crippen LogP contribution in [0.5, 0.6) is 0 Å². The Balaban J connectivity index is 0.000000260. The standard InChI is InChI=1S/C15H17N3.C4H4O4/c1-18(2)9-11-6-12(11)14-8-17-15-4-3-10(7-16)5-13(14)15;5-3(6)1-2-4(7)8/h3-5,8,11-12,17H,6,9H2,1-2H3;1-2H,(H,5,6)(H,7,8)/t11-,12+;/m1./s1. The zero-order valence-corrected chi connectivity index (χ0v) is 14.6. The number of carbonyl (C=O) groups is 2. The second-order valence-corrected chi connectivity index (χ2v) is 6.49. The van der Waals surface area contributed by atoms with Crippen molar-refractivity contribution in [1.29, 1.82) is 5.26 Å². The summed E-state index contributed by atoms with van der Waals surface area (Å²) in [4.78, 5) is 24.7. The molecule has 0 unspecified atom stereocenters. The van der Waals surface area contributed by atoms with Crippen molar-refractivity contribution in [3.05, 3.63) is 47.7 Å². The molecule has 0 spiro atoms. The van der Waals surface area contributed by atoms with Crippen LogP contribution < -0.4 is 0 Å². The summed E-state index contributed by atoms with van der Waals surface area (Å²) in [5.41, 5.74) is 3.27. The molecule has 0 amide bonds. The minimum Gasteiger partial charge on any atom is -0.478 e. The highest BCUT2D eigenvalue weighted by atomic mass is 16.4. The summed E-state index contributed by atoms with van der Waals surface area (Å²) in [5.74, 6) is -1.08. The second kappa shape index (κ2) is 8.32. The maximum atomic E-state index is 9.55. The summed E-state index contributed by atoms with van der Waals surface area (Å²) in [6.45, 7) is 1.15. The molecule has 1 aliphatic rings. The van der Waals surface area contributed by atoms with Crippen molar-refractivity contribution in [1.82, 2.24) is 9.88 Å². The maximum absolute atomic E-state index is 9.55. The van der Waals surface area contributed by atoms with Crippen molar-refractivity contribution in [2.45, 2.75) is 12.3 Å². The fourth-order valence-electron chi connectivity index (χ4n) is 2.96. The second-order valence-electron chi connectivity index (χ2n) is 6.49. The smallest absolute Gasteiger partial charge is 0.328 e. The molecule has 1 aromatic carbocycles. The van der Waals surface area contributed by atoms with Gasteiger partial charge in [0.2, 0.25) is 0 Å². The lowest BCUT2D eigenvalue weighted by Crippen LogP contribution is -2.15. The Morgan fingerprint density at radius 3 is 2.50 bits per heavy atom. The Bertz CT molecular complexity index is 861. The highest BCUT2D eigenvalue weighted by Crippen LogP contribution is 2.49. The zero-order valence-electron chi connectivity index (χ0n) is 14.6. The number of nitrogens with one attached hydrogen (secondary N) is 1. The van der Waals surface area contributed by atoms with Gasteiger partial charge in [0.1, 0.15) is 0 Å². The van der Waals surface area contributed by atoms with Gasteiger partial charge in [-0.15, -0.1) is 0 Å². The molecule has 3 N–H and O–H groups in total. The van der Waals surface area contributed by atoms with Gasteiger partial charge in [-0.3, -0.25) is 0 Å². The largest absolute Gasteiger partial charge is 0.478 e. The van der Waals surface area contributed by atoms with Crippen molar-refractivity contribution in [3.8, 4) is 6.07 Å². The lowest BCUT2D eigenvalue weighted by atomic mass is 10.1. The third-order valence-electron chi connectivity index (χ3n) is 4.13. The van der Waals surface area contributed by atoms with E-state index in [1.54, 1.807) is 0 Å². The third-order valence-corrected chi connectivity index (χ3v) is 4.13.